The van der Waals surface area contributed by atoms with Crippen molar-refractivity contribution in [1.82, 2.24) is 4.98 Å². The van der Waals surface area contributed by atoms with Crippen molar-refractivity contribution in [3.8, 4) is 0 Å². The van der Waals surface area contributed by atoms with E-state index in [1.807, 2.05) is 13.8 Å². The highest BCUT2D eigenvalue weighted by Gasteiger charge is 2.30. The van der Waals surface area contributed by atoms with Crippen LogP contribution < -0.4 is 5.73 Å². The standard InChI is InChI=1S/C14H20.C11H18N2S.C2H6/c1-14(2,3)13-9-8-11-6-4-5-7-12(11)10-13;1-11(2,3)7-4-5-8-9(6-7)14-10(12)13-8;1-2/h4-7,13H,8-10H2,1-3H3;7H,4-6H2,1-3H3,(H2,12,13);1-2H3. The number of nitrogens with zero attached hydrogens (tertiary/aromatic N) is 1. The topological polar surface area (TPSA) is 38.9 Å². The maximum Gasteiger partial charge on any atom is 0.180 e. The van der Waals surface area contributed by atoms with Crippen molar-refractivity contribution in [2.24, 2.45) is 22.7 Å². The number of thiazole rings is 1. The Morgan fingerprint density at radius 2 is 1.37 bits per heavy atom. The van der Waals surface area contributed by atoms with Gasteiger partial charge in [0.1, 0.15) is 0 Å². The van der Waals surface area contributed by atoms with E-state index < -0.39 is 0 Å². The summed E-state index contributed by atoms with van der Waals surface area (Å²) in [6.45, 7) is 18.1. The minimum absolute atomic E-state index is 0.413. The van der Waals surface area contributed by atoms with Crippen LogP contribution in [-0.2, 0) is 25.7 Å². The highest BCUT2D eigenvalue weighted by Crippen LogP contribution is 2.39. The summed E-state index contributed by atoms with van der Waals surface area (Å²) in [5, 5.41) is 0.740. The van der Waals surface area contributed by atoms with E-state index in [0.717, 1.165) is 23.4 Å². The Morgan fingerprint density at radius 1 is 0.833 bits per heavy atom. The van der Waals surface area contributed by atoms with Crippen molar-refractivity contribution in [3.05, 3.63) is 46.0 Å². The Balaban J connectivity index is 0.000000197. The molecule has 2 nitrogen and oxygen atoms in total. The third-order valence-corrected chi connectivity index (χ3v) is 7.70. The molecule has 30 heavy (non-hydrogen) atoms. The summed E-state index contributed by atoms with van der Waals surface area (Å²) >= 11 is 1.68. The van der Waals surface area contributed by atoms with Crippen molar-refractivity contribution < 1.29 is 0 Å². The van der Waals surface area contributed by atoms with Gasteiger partial charge in [0, 0.05) is 4.88 Å². The van der Waals surface area contributed by atoms with Crippen LogP contribution in [0.5, 0.6) is 0 Å². The zero-order valence-corrected chi connectivity index (χ0v) is 21.5. The van der Waals surface area contributed by atoms with Gasteiger partial charge in [-0.15, -0.1) is 11.3 Å². The van der Waals surface area contributed by atoms with Gasteiger partial charge in [-0.25, -0.2) is 4.98 Å². The Labute approximate surface area is 189 Å². The zero-order valence-electron chi connectivity index (χ0n) is 20.6. The maximum absolute atomic E-state index is 5.72. The van der Waals surface area contributed by atoms with Gasteiger partial charge in [0.15, 0.2) is 5.13 Å². The summed E-state index contributed by atoms with van der Waals surface area (Å²) in [5.41, 5.74) is 11.0. The molecular weight excluding hydrogens is 384 g/mol. The van der Waals surface area contributed by atoms with Crippen molar-refractivity contribution in [2.45, 2.75) is 93.9 Å². The molecule has 2 aliphatic carbocycles. The lowest BCUT2D eigenvalue weighted by Gasteiger charge is -2.34. The molecule has 2 aromatic rings. The molecule has 0 saturated carbocycles. The highest BCUT2D eigenvalue weighted by molar-refractivity contribution is 7.15. The minimum Gasteiger partial charge on any atom is -0.375 e. The van der Waals surface area contributed by atoms with Crippen LogP contribution in [0.4, 0.5) is 5.13 Å². The molecule has 2 atom stereocenters. The van der Waals surface area contributed by atoms with Gasteiger partial charge in [0.2, 0.25) is 0 Å². The van der Waals surface area contributed by atoms with Crippen molar-refractivity contribution in [2.75, 3.05) is 5.73 Å². The second kappa shape index (κ2) is 10.3. The van der Waals surface area contributed by atoms with E-state index in [0.29, 0.717) is 10.8 Å². The van der Waals surface area contributed by atoms with Crippen molar-refractivity contribution >= 4 is 16.5 Å². The van der Waals surface area contributed by atoms with E-state index in [9.17, 15) is 0 Å². The summed E-state index contributed by atoms with van der Waals surface area (Å²) < 4.78 is 0. The van der Waals surface area contributed by atoms with Gasteiger partial charge < -0.3 is 5.73 Å². The molecule has 168 valence electrons. The molecule has 1 heterocycles. The first-order chi connectivity index (χ1) is 14.0. The third kappa shape index (κ3) is 6.57. The number of hydrogen-bond acceptors (Lipinski definition) is 3. The summed E-state index contributed by atoms with van der Waals surface area (Å²) in [6.07, 6.45) is 7.47. The van der Waals surface area contributed by atoms with Crippen LogP contribution in [0.25, 0.3) is 0 Å². The number of fused-ring (bicyclic) bond motifs is 2. The number of nitrogen functional groups attached to an aromatic ring is 1. The zero-order chi connectivity index (χ0) is 22.5. The predicted octanol–water partition coefficient (Wildman–Crippen LogP) is 7.74. The van der Waals surface area contributed by atoms with E-state index in [1.165, 1.54) is 42.7 Å². The van der Waals surface area contributed by atoms with E-state index in [2.05, 4.69) is 70.8 Å². The van der Waals surface area contributed by atoms with Crippen molar-refractivity contribution in [3.63, 3.8) is 0 Å². The number of nitrogens with two attached hydrogens (primary N) is 1. The Morgan fingerprint density at radius 3 is 1.97 bits per heavy atom. The fraction of sp³-hybridized carbons (Fsp3) is 0.667. The van der Waals surface area contributed by atoms with Crippen LogP contribution in [-0.4, -0.2) is 4.98 Å². The summed E-state index contributed by atoms with van der Waals surface area (Å²) in [4.78, 5) is 5.79. The Hall–Kier alpha value is -1.35. The van der Waals surface area contributed by atoms with Gasteiger partial charge >= 0.3 is 0 Å². The molecule has 0 spiro atoms. The lowest BCUT2D eigenvalue weighted by Crippen LogP contribution is -2.26. The first kappa shape index (κ1) is 24.9. The van der Waals surface area contributed by atoms with Crippen LogP contribution in [0.15, 0.2) is 24.3 Å². The molecule has 2 N–H and O–H groups in total. The molecule has 4 rings (SSSR count). The molecule has 1 aromatic carbocycles. The summed E-state index contributed by atoms with van der Waals surface area (Å²) in [7, 11) is 0. The third-order valence-electron chi connectivity index (χ3n) is 6.75. The molecule has 0 saturated heterocycles. The van der Waals surface area contributed by atoms with Gasteiger partial charge in [-0.2, -0.15) is 0 Å². The van der Waals surface area contributed by atoms with E-state index in [1.54, 1.807) is 22.5 Å². The molecule has 0 bridgehead atoms. The first-order valence-corrected chi connectivity index (χ1v) is 12.7. The monoisotopic (exact) mass is 428 g/mol. The Kier molecular flexibility index (Phi) is 8.56. The predicted molar refractivity (Wildman–Crippen MR) is 134 cm³/mol. The van der Waals surface area contributed by atoms with Crippen LogP contribution >= 0.6 is 11.3 Å². The smallest absolute Gasteiger partial charge is 0.180 e. The van der Waals surface area contributed by atoms with Crippen LogP contribution in [0.2, 0.25) is 0 Å². The molecular formula is C27H44N2S. The number of anilines is 1. The van der Waals surface area contributed by atoms with Crippen LogP contribution in [0, 0.1) is 22.7 Å². The average Bonchev–Trinajstić information content (AvgIpc) is 3.07. The molecule has 3 heteroatoms. The number of benzene rings is 1. The fourth-order valence-corrected chi connectivity index (χ4v) is 5.53. The number of rotatable bonds is 0. The van der Waals surface area contributed by atoms with Gasteiger partial charge in [0.25, 0.3) is 0 Å². The van der Waals surface area contributed by atoms with Gasteiger partial charge in [-0.1, -0.05) is 79.7 Å². The van der Waals surface area contributed by atoms with Gasteiger partial charge in [0.05, 0.1) is 5.69 Å². The lowest BCUT2D eigenvalue weighted by molar-refractivity contribution is 0.216. The second-order valence-corrected chi connectivity index (χ2v) is 11.9. The highest BCUT2D eigenvalue weighted by atomic mass is 32.1. The number of aryl methyl sites for hydroxylation is 2. The lowest BCUT2D eigenvalue weighted by atomic mass is 9.71. The number of hydrogen-bond donors (Lipinski definition) is 1. The largest absolute Gasteiger partial charge is 0.375 e. The Bertz CT molecular complexity index is 792. The maximum atomic E-state index is 5.72. The average molecular weight is 429 g/mol. The number of aromatic nitrogens is 1. The van der Waals surface area contributed by atoms with Crippen LogP contribution in [0.1, 0.15) is 89.9 Å². The molecule has 2 aliphatic rings. The fourth-order valence-electron chi connectivity index (χ4n) is 4.57. The first-order valence-electron chi connectivity index (χ1n) is 11.8. The quantitative estimate of drug-likeness (QED) is 0.466. The molecule has 1 aromatic heterocycles. The normalized spacial score (nSPS) is 20.7. The van der Waals surface area contributed by atoms with E-state index in [-0.39, 0.29) is 0 Å². The SMILES string of the molecule is CC.CC(C)(C)C1CCc2ccccc2C1.CC(C)(C)C1CCc2nc(N)sc2C1. The van der Waals surface area contributed by atoms with Gasteiger partial charge in [-0.05, 0) is 72.3 Å². The molecule has 0 radical (unpaired) electrons. The molecule has 0 aliphatic heterocycles. The second-order valence-electron chi connectivity index (χ2n) is 10.8. The van der Waals surface area contributed by atoms with Crippen molar-refractivity contribution in [1.29, 1.82) is 0 Å². The molecule has 2 unspecified atom stereocenters. The van der Waals surface area contributed by atoms with E-state index in [4.69, 9.17) is 5.73 Å². The molecule has 0 fully saturated rings. The summed E-state index contributed by atoms with van der Waals surface area (Å²) in [6, 6.07) is 8.92. The van der Waals surface area contributed by atoms with E-state index >= 15 is 0 Å². The van der Waals surface area contributed by atoms with Crippen LogP contribution in [0.3, 0.4) is 0 Å². The minimum atomic E-state index is 0.413. The summed E-state index contributed by atoms with van der Waals surface area (Å²) in [5.74, 6) is 1.65. The molecule has 0 amide bonds. The van der Waals surface area contributed by atoms with Gasteiger partial charge in [-0.3, -0.25) is 0 Å².